The molecule has 0 aliphatic carbocycles. The van der Waals surface area contributed by atoms with E-state index in [1.165, 1.54) is 6.92 Å². The minimum Gasteiger partial charge on any atom is -0.378 e. The molecule has 1 unspecified atom stereocenters. The van der Waals surface area contributed by atoms with Crippen molar-refractivity contribution in [1.82, 2.24) is 19.3 Å². The molecule has 4 heterocycles. The van der Waals surface area contributed by atoms with E-state index in [1.807, 2.05) is 19.2 Å². The first kappa shape index (κ1) is 21.8. The molecule has 1 saturated heterocycles. The largest absolute Gasteiger partial charge is 0.378 e. The lowest BCUT2D eigenvalue weighted by Crippen LogP contribution is -2.36. The molecule has 3 aromatic heterocycles. The molecule has 11 heteroatoms. The van der Waals surface area contributed by atoms with Gasteiger partial charge in [-0.25, -0.2) is 23.5 Å². The van der Waals surface area contributed by atoms with Crippen LogP contribution in [0, 0.1) is 0 Å². The van der Waals surface area contributed by atoms with Gasteiger partial charge in [-0.15, -0.1) is 11.3 Å². The van der Waals surface area contributed by atoms with Crippen molar-refractivity contribution in [3.8, 4) is 11.4 Å². The molecule has 31 heavy (non-hydrogen) atoms. The van der Waals surface area contributed by atoms with Crippen molar-refractivity contribution >= 4 is 50.1 Å². The molecule has 4 rings (SSSR count). The first-order chi connectivity index (χ1) is 14.9. The normalized spacial score (nSPS) is 15.4. The van der Waals surface area contributed by atoms with Gasteiger partial charge < -0.3 is 15.0 Å². The minimum atomic E-state index is -1.04. The van der Waals surface area contributed by atoms with Crippen LogP contribution in [0.4, 0.5) is 11.6 Å². The summed E-state index contributed by atoms with van der Waals surface area (Å²) in [6.45, 7) is 4.86. The van der Waals surface area contributed by atoms with Gasteiger partial charge in [-0.2, -0.15) is 0 Å². The van der Waals surface area contributed by atoms with Crippen LogP contribution in [0.5, 0.6) is 0 Å². The van der Waals surface area contributed by atoms with Gasteiger partial charge in [-0.1, -0.05) is 0 Å². The fourth-order valence-corrected chi connectivity index (χ4v) is 4.82. The molecule has 1 aliphatic heterocycles. The lowest BCUT2D eigenvalue weighted by atomic mass is 10.2. The third-order valence-corrected chi connectivity index (χ3v) is 6.97. The smallest absolute Gasteiger partial charge is 0.222 e. The Morgan fingerprint density at radius 1 is 1.32 bits per heavy atom. The summed E-state index contributed by atoms with van der Waals surface area (Å²) in [5, 5.41) is 2.67. The summed E-state index contributed by atoms with van der Waals surface area (Å²) in [7, 11) is 0.792. The number of amides is 1. The van der Waals surface area contributed by atoms with Crippen LogP contribution < -0.4 is 10.2 Å². The molecule has 1 fully saturated rings. The highest BCUT2D eigenvalue weighted by Gasteiger charge is 2.21. The molecular weight excluding hydrogens is 436 g/mol. The van der Waals surface area contributed by atoms with Crippen LogP contribution >= 0.6 is 11.3 Å². The number of ether oxygens (including phenoxy) is 1. The van der Waals surface area contributed by atoms with E-state index in [0.29, 0.717) is 31.4 Å². The SMILES string of the molecule is CC(=O)Nc1ccc(-c2nc(N3CCOCC3)c3sc(CN(C)S(C)=O)cc3n2)cn1. The Bertz CT molecular complexity index is 1110. The van der Waals surface area contributed by atoms with Crippen LogP contribution in [0.2, 0.25) is 0 Å². The second-order valence-corrected chi connectivity index (χ2v) is 9.83. The van der Waals surface area contributed by atoms with Gasteiger partial charge in [0, 0.05) is 56.5 Å². The highest BCUT2D eigenvalue weighted by atomic mass is 32.2. The average Bonchev–Trinajstić information content (AvgIpc) is 3.16. The number of anilines is 2. The Morgan fingerprint density at radius 2 is 2.10 bits per heavy atom. The summed E-state index contributed by atoms with van der Waals surface area (Å²) in [5.74, 6) is 1.77. The summed E-state index contributed by atoms with van der Waals surface area (Å²) < 4.78 is 20.1. The van der Waals surface area contributed by atoms with Crippen molar-refractivity contribution in [2.24, 2.45) is 0 Å². The maximum Gasteiger partial charge on any atom is 0.222 e. The number of nitrogens with zero attached hydrogens (tertiary/aromatic N) is 5. The molecule has 0 aromatic carbocycles. The van der Waals surface area contributed by atoms with Gasteiger partial charge in [0.1, 0.15) is 5.82 Å². The van der Waals surface area contributed by atoms with E-state index >= 15 is 0 Å². The van der Waals surface area contributed by atoms with Crippen LogP contribution in [-0.4, -0.2) is 69.0 Å². The van der Waals surface area contributed by atoms with Crippen molar-refractivity contribution in [1.29, 1.82) is 0 Å². The Morgan fingerprint density at radius 3 is 2.74 bits per heavy atom. The number of morpholine rings is 1. The summed E-state index contributed by atoms with van der Waals surface area (Å²) in [6, 6.07) is 5.63. The van der Waals surface area contributed by atoms with E-state index in [1.54, 1.807) is 34.2 Å². The zero-order valence-corrected chi connectivity index (χ0v) is 19.3. The Balaban J connectivity index is 1.75. The zero-order valence-electron chi connectivity index (χ0n) is 17.6. The number of thiophene rings is 1. The average molecular weight is 461 g/mol. The number of hydrogen-bond donors (Lipinski definition) is 1. The highest BCUT2D eigenvalue weighted by Crippen LogP contribution is 2.35. The van der Waals surface area contributed by atoms with Gasteiger partial charge >= 0.3 is 0 Å². The van der Waals surface area contributed by atoms with Crippen molar-refractivity contribution in [3.63, 3.8) is 0 Å². The predicted molar refractivity (Wildman–Crippen MR) is 124 cm³/mol. The number of aromatic nitrogens is 3. The van der Waals surface area contributed by atoms with Crippen LogP contribution in [-0.2, 0) is 27.1 Å². The fourth-order valence-electron chi connectivity index (χ4n) is 3.25. The lowest BCUT2D eigenvalue weighted by molar-refractivity contribution is -0.114. The molecule has 164 valence electrons. The molecule has 0 spiro atoms. The van der Waals surface area contributed by atoms with Gasteiger partial charge in [0.25, 0.3) is 0 Å². The van der Waals surface area contributed by atoms with Gasteiger partial charge in [-0.05, 0) is 18.2 Å². The van der Waals surface area contributed by atoms with E-state index in [9.17, 15) is 9.00 Å². The number of nitrogens with one attached hydrogen (secondary N) is 1. The monoisotopic (exact) mass is 460 g/mol. The molecular formula is C20H24N6O3S2. The first-order valence-electron chi connectivity index (χ1n) is 9.82. The first-order valence-corrected chi connectivity index (χ1v) is 12.2. The number of hydrogen-bond acceptors (Lipinski definition) is 8. The number of pyridine rings is 1. The standard InChI is InChI=1S/C20H24N6O3S2/c1-13(27)22-17-5-4-14(11-21-17)19-23-16-10-15(12-25(2)31(3)28)30-18(16)20(24-19)26-6-8-29-9-7-26/h4-5,10-11H,6-9,12H2,1-3H3,(H,21,22,27). The Hall–Kier alpha value is -2.47. The van der Waals surface area contributed by atoms with E-state index in [-0.39, 0.29) is 5.91 Å². The molecule has 0 radical (unpaired) electrons. The maximum atomic E-state index is 11.8. The van der Waals surface area contributed by atoms with Gasteiger partial charge in [0.05, 0.1) is 34.4 Å². The van der Waals surface area contributed by atoms with Gasteiger partial charge in [0.15, 0.2) is 11.6 Å². The van der Waals surface area contributed by atoms with Gasteiger partial charge in [0.2, 0.25) is 5.91 Å². The van der Waals surface area contributed by atoms with Gasteiger partial charge in [-0.3, -0.25) is 4.79 Å². The van der Waals surface area contributed by atoms with Crippen molar-refractivity contribution in [3.05, 3.63) is 29.3 Å². The van der Waals surface area contributed by atoms with Crippen LogP contribution in [0.3, 0.4) is 0 Å². The molecule has 1 atom stereocenters. The number of carbonyl (C=O) groups is 1. The predicted octanol–water partition coefficient (Wildman–Crippen LogP) is 2.27. The number of rotatable bonds is 6. The van der Waals surface area contributed by atoms with E-state index in [2.05, 4.69) is 15.2 Å². The summed E-state index contributed by atoms with van der Waals surface area (Å²) in [4.78, 5) is 28.5. The Labute approximate surface area is 187 Å². The molecule has 1 amide bonds. The van der Waals surface area contributed by atoms with Crippen LogP contribution in [0.25, 0.3) is 21.6 Å². The van der Waals surface area contributed by atoms with E-state index in [4.69, 9.17) is 14.7 Å². The van der Waals surface area contributed by atoms with E-state index < -0.39 is 11.0 Å². The topological polar surface area (TPSA) is 101 Å². The summed E-state index contributed by atoms with van der Waals surface area (Å²) in [5.41, 5.74) is 1.62. The van der Waals surface area contributed by atoms with Crippen LogP contribution in [0.15, 0.2) is 24.4 Å². The zero-order chi connectivity index (χ0) is 22.0. The molecule has 0 bridgehead atoms. The quantitative estimate of drug-likeness (QED) is 0.602. The molecule has 1 N–H and O–H groups in total. The van der Waals surface area contributed by atoms with Crippen molar-refractivity contribution < 1.29 is 13.7 Å². The lowest BCUT2D eigenvalue weighted by Gasteiger charge is -2.28. The Kier molecular flexibility index (Phi) is 6.56. The van der Waals surface area contributed by atoms with Crippen LogP contribution in [0.1, 0.15) is 11.8 Å². The number of carbonyl (C=O) groups excluding carboxylic acids is 1. The third-order valence-electron chi connectivity index (χ3n) is 4.86. The second kappa shape index (κ2) is 9.35. The van der Waals surface area contributed by atoms with E-state index in [0.717, 1.165) is 39.6 Å². The molecule has 9 nitrogen and oxygen atoms in total. The fraction of sp³-hybridized carbons (Fsp3) is 0.400. The summed E-state index contributed by atoms with van der Waals surface area (Å²) in [6.07, 6.45) is 3.33. The van der Waals surface area contributed by atoms with Crippen molar-refractivity contribution in [2.45, 2.75) is 13.5 Å². The molecule has 1 aliphatic rings. The third kappa shape index (κ3) is 5.06. The maximum absolute atomic E-state index is 11.8. The summed E-state index contributed by atoms with van der Waals surface area (Å²) >= 11 is 1.63. The second-order valence-electron chi connectivity index (χ2n) is 7.22. The highest BCUT2D eigenvalue weighted by molar-refractivity contribution is 7.81. The number of fused-ring (bicyclic) bond motifs is 1. The minimum absolute atomic E-state index is 0.170. The molecule has 0 saturated carbocycles. The molecule has 3 aromatic rings. The van der Waals surface area contributed by atoms with Crippen molar-refractivity contribution in [2.75, 3.05) is 49.8 Å².